The number of aryl methyl sites for hydroxylation is 1. The molecule has 4 rings (SSSR count). The molecule has 0 aliphatic carbocycles. The van der Waals surface area contributed by atoms with Gasteiger partial charge in [0.1, 0.15) is 0 Å². The number of nitrogens with zero attached hydrogens (tertiary/aromatic N) is 4. The molecule has 0 spiro atoms. The van der Waals surface area contributed by atoms with E-state index in [1.165, 1.54) is 17.1 Å². The average molecular weight is 392 g/mol. The van der Waals surface area contributed by atoms with Crippen molar-refractivity contribution >= 4 is 28.6 Å². The second-order valence-corrected chi connectivity index (χ2v) is 7.49. The van der Waals surface area contributed by atoms with Crippen molar-refractivity contribution in [2.75, 3.05) is 5.75 Å². The van der Waals surface area contributed by atoms with Crippen LogP contribution in [0.5, 0.6) is 0 Å². The van der Waals surface area contributed by atoms with Crippen LogP contribution < -0.4 is 5.32 Å². The standard InChI is InChI=1S/C21H21N5OS/c1-25-17(12-16-10-6-7-11-18(16)25)13-22-19(27)14-28-21-24-23-20(26(21)2)15-8-4-3-5-9-15/h3-12H,13-14H2,1-2H3,(H,22,27). The summed E-state index contributed by atoms with van der Waals surface area (Å²) in [5.74, 6) is 1.06. The van der Waals surface area contributed by atoms with Crippen molar-refractivity contribution in [1.82, 2.24) is 24.6 Å². The van der Waals surface area contributed by atoms with Crippen LogP contribution in [0.25, 0.3) is 22.3 Å². The van der Waals surface area contributed by atoms with E-state index in [1.54, 1.807) is 0 Å². The van der Waals surface area contributed by atoms with Gasteiger partial charge >= 0.3 is 0 Å². The highest BCUT2D eigenvalue weighted by Gasteiger charge is 2.13. The van der Waals surface area contributed by atoms with Crippen LogP contribution in [0, 0.1) is 0 Å². The van der Waals surface area contributed by atoms with E-state index >= 15 is 0 Å². The minimum atomic E-state index is -0.0282. The molecular formula is C21H21N5OS. The molecule has 2 aromatic heterocycles. The van der Waals surface area contributed by atoms with Crippen LogP contribution in [-0.4, -0.2) is 31.0 Å². The van der Waals surface area contributed by atoms with Crippen LogP contribution in [-0.2, 0) is 25.4 Å². The zero-order chi connectivity index (χ0) is 19.5. The van der Waals surface area contributed by atoms with Crippen LogP contribution in [0.1, 0.15) is 5.69 Å². The summed E-state index contributed by atoms with van der Waals surface area (Å²) in [6.45, 7) is 0.499. The first kappa shape index (κ1) is 18.3. The first-order chi connectivity index (χ1) is 13.6. The molecular weight excluding hydrogens is 370 g/mol. The zero-order valence-corrected chi connectivity index (χ0v) is 16.6. The quantitative estimate of drug-likeness (QED) is 0.512. The lowest BCUT2D eigenvalue weighted by Gasteiger charge is -2.07. The number of carbonyl (C=O) groups excluding carboxylic acids is 1. The molecule has 0 bridgehead atoms. The second-order valence-electron chi connectivity index (χ2n) is 6.55. The van der Waals surface area contributed by atoms with E-state index in [0.29, 0.717) is 12.3 Å². The van der Waals surface area contributed by atoms with Gasteiger partial charge in [-0.05, 0) is 17.5 Å². The average Bonchev–Trinajstić information content (AvgIpc) is 3.25. The Morgan fingerprint density at radius 2 is 1.75 bits per heavy atom. The Morgan fingerprint density at radius 3 is 2.54 bits per heavy atom. The number of benzene rings is 2. The van der Waals surface area contributed by atoms with Crippen LogP contribution in [0.2, 0.25) is 0 Å². The van der Waals surface area contributed by atoms with Crippen molar-refractivity contribution in [3.05, 3.63) is 66.4 Å². The molecule has 28 heavy (non-hydrogen) atoms. The molecule has 0 aliphatic rings. The van der Waals surface area contributed by atoms with E-state index in [1.807, 2.05) is 61.1 Å². The predicted molar refractivity (Wildman–Crippen MR) is 112 cm³/mol. The third kappa shape index (κ3) is 3.66. The molecule has 0 radical (unpaired) electrons. The van der Waals surface area contributed by atoms with Crippen molar-refractivity contribution in [2.45, 2.75) is 11.7 Å². The highest BCUT2D eigenvalue weighted by atomic mass is 32.2. The molecule has 2 aromatic carbocycles. The molecule has 142 valence electrons. The summed E-state index contributed by atoms with van der Waals surface area (Å²) < 4.78 is 4.02. The number of hydrogen-bond acceptors (Lipinski definition) is 4. The molecule has 0 fully saturated rings. The number of carbonyl (C=O) groups is 1. The maximum atomic E-state index is 12.3. The number of rotatable bonds is 6. The van der Waals surface area contributed by atoms with Gasteiger partial charge in [-0.15, -0.1) is 10.2 Å². The van der Waals surface area contributed by atoms with Crippen molar-refractivity contribution in [3.8, 4) is 11.4 Å². The van der Waals surface area contributed by atoms with Gasteiger partial charge in [0.2, 0.25) is 5.91 Å². The second kappa shape index (κ2) is 7.90. The monoisotopic (exact) mass is 391 g/mol. The Morgan fingerprint density at radius 1 is 1.00 bits per heavy atom. The van der Waals surface area contributed by atoms with Crippen molar-refractivity contribution < 1.29 is 4.79 Å². The Hall–Kier alpha value is -3.06. The molecule has 0 saturated carbocycles. The lowest BCUT2D eigenvalue weighted by atomic mass is 10.2. The Kier molecular flexibility index (Phi) is 5.16. The van der Waals surface area contributed by atoms with Crippen LogP contribution in [0.15, 0.2) is 65.8 Å². The van der Waals surface area contributed by atoms with Crippen molar-refractivity contribution in [3.63, 3.8) is 0 Å². The van der Waals surface area contributed by atoms with Gasteiger partial charge in [0.05, 0.1) is 12.3 Å². The van der Waals surface area contributed by atoms with Gasteiger partial charge in [0.25, 0.3) is 0 Å². The van der Waals surface area contributed by atoms with Crippen molar-refractivity contribution in [1.29, 1.82) is 0 Å². The van der Waals surface area contributed by atoms with Gasteiger partial charge in [-0.25, -0.2) is 0 Å². The first-order valence-electron chi connectivity index (χ1n) is 9.01. The summed E-state index contributed by atoms with van der Waals surface area (Å²) in [7, 11) is 3.93. The predicted octanol–water partition coefficient (Wildman–Crippen LogP) is 3.38. The van der Waals surface area contributed by atoms with E-state index in [4.69, 9.17) is 0 Å². The fourth-order valence-electron chi connectivity index (χ4n) is 3.17. The Labute approximate surface area is 167 Å². The maximum absolute atomic E-state index is 12.3. The normalized spacial score (nSPS) is 11.1. The molecule has 0 aliphatic heterocycles. The summed E-state index contributed by atoms with van der Waals surface area (Å²) in [5, 5.41) is 13.4. The van der Waals surface area contributed by atoms with E-state index < -0.39 is 0 Å². The topological polar surface area (TPSA) is 64.7 Å². The molecule has 0 unspecified atom stereocenters. The largest absolute Gasteiger partial charge is 0.350 e. The lowest BCUT2D eigenvalue weighted by Crippen LogP contribution is -2.25. The van der Waals surface area contributed by atoms with Gasteiger partial charge < -0.3 is 14.5 Å². The SMILES string of the molecule is Cn1c(SCC(=O)NCc2cc3ccccc3n2C)nnc1-c1ccccc1. The molecule has 0 atom stereocenters. The molecule has 2 heterocycles. The highest BCUT2D eigenvalue weighted by Crippen LogP contribution is 2.22. The van der Waals surface area contributed by atoms with Gasteiger partial charge in [-0.3, -0.25) is 4.79 Å². The summed E-state index contributed by atoms with van der Waals surface area (Å²) in [6, 6.07) is 20.2. The fraction of sp³-hybridized carbons (Fsp3) is 0.190. The Balaban J connectivity index is 1.36. The molecule has 7 heteroatoms. The van der Waals surface area contributed by atoms with Crippen molar-refractivity contribution in [2.24, 2.45) is 14.1 Å². The van der Waals surface area contributed by atoms with E-state index in [9.17, 15) is 4.79 Å². The number of hydrogen-bond donors (Lipinski definition) is 1. The van der Waals surface area contributed by atoms with E-state index in [0.717, 1.165) is 27.8 Å². The van der Waals surface area contributed by atoms with Gasteiger partial charge in [-0.1, -0.05) is 60.3 Å². The highest BCUT2D eigenvalue weighted by molar-refractivity contribution is 7.99. The number of nitrogens with one attached hydrogen (secondary N) is 1. The van der Waals surface area contributed by atoms with Crippen LogP contribution in [0.4, 0.5) is 0 Å². The number of aromatic nitrogens is 4. The summed E-state index contributed by atoms with van der Waals surface area (Å²) in [4.78, 5) is 12.3. The Bertz CT molecular complexity index is 1120. The lowest BCUT2D eigenvalue weighted by molar-refractivity contribution is -0.118. The van der Waals surface area contributed by atoms with Gasteiger partial charge in [0, 0.05) is 30.9 Å². The zero-order valence-electron chi connectivity index (χ0n) is 15.8. The van der Waals surface area contributed by atoms with E-state index in [-0.39, 0.29) is 5.91 Å². The maximum Gasteiger partial charge on any atom is 0.230 e. The molecule has 1 N–H and O–H groups in total. The van der Waals surface area contributed by atoms with Crippen LogP contribution in [0.3, 0.4) is 0 Å². The minimum Gasteiger partial charge on any atom is -0.350 e. The number of thioether (sulfide) groups is 1. The van der Waals surface area contributed by atoms with Crippen LogP contribution >= 0.6 is 11.8 Å². The number of fused-ring (bicyclic) bond motifs is 1. The third-order valence-corrected chi connectivity index (χ3v) is 5.74. The minimum absolute atomic E-state index is 0.0282. The first-order valence-corrected chi connectivity index (χ1v) is 9.99. The third-order valence-electron chi connectivity index (χ3n) is 4.72. The molecule has 0 saturated heterocycles. The van der Waals surface area contributed by atoms with E-state index in [2.05, 4.69) is 38.3 Å². The fourth-order valence-corrected chi connectivity index (χ4v) is 3.91. The smallest absolute Gasteiger partial charge is 0.230 e. The summed E-state index contributed by atoms with van der Waals surface area (Å²) in [5.41, 5.74) is 3.24. The molecule has 6 nitrogen and oxygen atoms in total. The summed E-state index contributed by atoms with van der Waals surface area (Å²) >= 11 is 1.39. The number of para-hydroxylation sites is 1. The number of amides is 1. The van der Waals surface area contributed by atoms with Gasteiger partial charge in [0.15, 0.2) is 11.0 Å². The molecule has 1 amide bonds. The summed E-state index contributed by atoms with van der Waals surface area (Å²) in [6.07, 6.45) is 0. The van der Waals surface area contributed by atoms with Gasteiger partial charge in [-0.2, -0.15) is 0 Å². The molecule has 4 aromatic rings.